The van der Waals surface area contributed by atoms with Crippen LogP contribution >= 0.6 is 0 Å². The minimum atomic E-state index is -0.622. The number of fused-ring (bicyclic) bond motifs is 1. The summed E-state index contributed by atoms with van der Waals surface area (Å²) in [6, 6.07) is 0. The molecule has 0 aliphatic heterocycles. The zero-order valence-electron chi connectivity index (χ0n) is 11.0. The topological polar surface area (TPSA) is 133 Å². The van der Waals surface area contributed by atoms with E-state index in [2.05, 4.69) is 15.1 Å². The summed E-state index contributed by atoms with van der Waals surface area (Å²) in [6.07, 6.45) is -0.291. The summed E-state index contributed by atoms with van der Waals surface area (Å²) in [5.41, 5.74) is 4.82. The summed E-state index contributed by atoms with van der Waals surface area (Å²) < 4.78 is 6.01. The van der Waals surface area contributed by atoms with Gasteiger partial charge in [0.15, 0.2) is 5.65 Å². The fourth-order valence-electron chi connectivity index (χ4n) is 1.77. The van der Waals surface area contributed by atoms with Crippen LogP contribution in [0.3, 0.4) is 0 Å². The van der Waals surface area contributed by atoms with Crippen molar-refractivity contribution in [3.05, 3.63) is 15.9 Å². The largest absolute Gasteiger partial charge is 0.493 e. The quantitative estimate of drug-likeness (QED) is 0.692. The molecule has 2 rings (SSSR count). The van der Waals surface area contributed by atoms with Gasteiger partial charge in [0.1, 0.15) is 11.1 Å². The van der Waals surface area contributed by atoms with Crippen molar-refractivity contribution in [3.8, 4) is 5.88 Å². The van der Waals surface area contributed by atoms with Gasteiger partial charge in [0.2, 0.25) is 17.3 Å². The van der Waals surface area contributed by atoms with Crippen molar-refractivity contribution in [2.24, 2.45) is 7.05 Å². The highest BCUT2D eigenvalue weighted by atomic mass is 16.5. The van der Waals surface area contributed by atoms with Crippen LogP contribution in [0, 0.1) is 0 Å². The molecule has 0 aliphatic rings. The Labute approximate surface area is 113 Å². The molecule has 9 heteroatoms. The lowest BCUT2D eigenvalue weighted by Crippen LogP contribution is -2.23. The molecule has 0 unspecified atom stereocenters. The molecule has 0 atom stereocenters. The number of aromatic hydroxyl groups is 1. The molecule has 0 spiro atoms. The lowest BCUT2D eigenvalue weighted by Gasteiger charge is -2.08. The molecule has 9 nitrogen and oxygen atoms in total. The molecule has 3 N–H and O–H groups in total. The molecule has 2 aromatic heterocycles. The van der Waals surface area contributed by atoms with E-state index in [0.29, 0.717) is 0 Å². The van der Waals surface area contributed by atoms with Crippen molar-refractivity contribution in [2.75, 3.05) is 12.3 Å². The Morgan fingerprint density at radius 1 is 1.45 bits per heavy atom. The Kier molecular flexibility index (Phi) is 3.51. The molecule has 0 saturated carbocycles. The van der Waals surface area contributed by atoms with E-state index < -0.39 is 17.3 Å². The van der Waals surface area contributed by atoms with Gasteiger partial charge in [-0.15, -0.1) is 0 Å². The molecule has 0 bridgehead atoms. The molecule has 106 valence electrons. The molecule has 0 aliphatic carbocycles. The van der Waals surface area contributed by atoms with Crippen LogP contribution in [0.15, 0.2) is 4.79 Å². The summed E-state index contributed by atoms with van der Waals surface area (Å²) in [6.45, 7) is 1.86. The number of hydrogen-bond donors (Lipinski definition) is 2. The highest BCUT2D eigenvalue weighted by molar-refractivity contribution is 5.82. The van der Waals surface area contributed by atoms with E-state index in [4.69, 9.17) is 10.5 Å². The maximum absolute atomic E-state index is 12.2. The average Bonchev–Trinajstić information content (AvgIpc) is 2.35. The van der Waals surface area contributed by atoms with Crippen LogP contribution in [-0.4, -0.2) is 37.4 Å². The van der Waals surface area contributed by atoms with Gasteiger partial charge in [-0.2, -0.15) is 15.1 Å². The summed E-state index contributed by atoms with van der Waals surface area (Å²) >= 11 is 0. The number of carbonyl (C=O) groups excluding carboxylic acids is 1. The summed E-state index contributed by atoms with van der Waals surface area (Å²) in [5, 5.41) is 13.6. The van der Waals surface area contributed by atoms with Crippen LogP contribution in [0.5, 0.6) is 5.88 Å². The van der Waals surface area contributed by atoms with Gasteiger partial charge in [-0.05, 0) is 6.92 Å². The second-order valence-corrected chi connectivity index (χ2v) is 3.99. The first-order valence-electron chi connectivity index (χ1n) is 5.82. The predicted octanol–water partition coefficient (Wildman–Crippen LogP) is -0.883. The van der Waals surface area contributed by atoms with E-state index in [0.717, 1.165) is 0 Å². The van der Waals surface area contributed by atoms with Crippen LogP contribution in [0.4, 0.5) is 5.95 Å². The van der Waals surface area contributed by atoms with Crippen LogP contribution < -0.4 is 11.2 Å². The zero-order chi connectivity index (χ0) is 14.9. The van der Waals surface area contributed by atoms with E-state index in [9.17, 15) is 14.7 Å². The predicted molar refractivity (Wildman–Crippen MR) is 69.0 cm³/mol. The maximum Gasteiger partial charge on any atom is 0.312 e. The van der Waals surface area contributed by atoms with Gasteiger partial charge >= 0.3 is 5.97 Å². The van der Waals surface area contributed by atoms with Crippen LogP contribution in [0.1, 0.15) is 12.6 Å². The molecule has 20 heavy (non-hydrogen) atoms. The van der Waals surface area contributed by atoms with E-state index in [-0.39, 0.29) is 35.7 Å². The first-order chi connectivity index (χ1) is 9.43. The second kappa shape index (κ2) is 5.11. The number of rotatable bonds is 3. The lowest BCUT2D eigenvalue weighted by atomic mass is 10.2. The van der Waals surface area contributed by atoms with E-state index in [1.165, 1.54) is 11.7 Å². The Hall–Kier alpha value is -2.71. The molecular weight excluding hydrogens is 266 g/mol. The summed E-state index contributed by atoms with van der Waals surface area (Å²) in [7, 11) is 1.52. The third-order valence-corrected chi connectivity index (χ3v) is 2.57. The molecule has 0 radical (unpaired) electrons. The Balaban J connectivity index is 2.63. The first kappa shape index (κ1) is 13.7. The highest BCUT2D eigenvalue weighted by Crippen LogP contribution is 2.17. The van der Waals surface area contributed by atoms with E-state index in [1.807, 2.05) is 0 Å². The Morgan fingerprint density at radius 2 is 2.15 bits per heavy atom. The molecule has 2 aromatic rings. The smallest absolute Gasteiger partial charge is 0.312 e. The van der Waals surface area contributed by atoms with Gasteiger partial charge in [0.05, 0.1) is 13.0 Å². The van der Waals surface area contributed by atoms with Crippen LogP contribution in [0.2, 0.25) is 0 Å². The van der Waals surface area contributed by atoms with Crippen LogP contribution in [0.25, 0.3) is 11.0 Å². The number of ether oxygens (including phenoxy) is 1. The van der Waals surface area contributed by atoms with Gasteiger partial charge in [-0.3, -0.25) is 9.59 Å². The summed E-state index contributed by atoms with van der Waals surface area (Å²) in [5.74, 6) is -1.29. The number of anilines is 1. The molecular formula is C11H13N5O4. The SMILES string of the molecule is CCOC(=O)Cc1nn(C)c2nc(N)nc(O)c2c1=O. The standard InChI is InChI=1S/C11H13N5O4/c1-3-20-6(17)4-5-8(18)7-9(16(2)15-5)13-11(12)14-10(7)19/h3-4H2,1-2H3,(H3,12,13,14,19). The highest BCUT2D eigenvalue weighted by Gasteiger charge is 2.18. The number of esters is 1. The third-order valence-electron chi connectivity index (χ3n) is 2.57. The fourth-order valence-corrected chi connectivity index (χ4v) is 1.77. The van der Waals surface area contributed by atoms with Crippen molar-refractivity contribution in [2.45, 2.75) is 13.3 Å². The Bertz CT molecular complexity index is 740. The molecule has 0 fully saturated rings. The van der Waals surface area contributed by atoms with Crippen molar-refractivity contribution in [1.82, 2.24) is 19.7 Å². The Morgan fingerprint density at radius 3 is 2.80 bits per heavy atom. The van der Waals surface area contributed by atoms with Crippen molar-refractivity contribution < 1.29 is 14.6 Å². The normalized spacial score (nSPS) is 10.7. The molecule has 0 amide bonds. The number of carbonyl (C=O) groups is 1. The average molecular weight is 279 g/mol. The van der Waals surface area contributed by atoms with Crippen molar-refractivity contribution in [3.63, 3.8) is 0 Å². The van der Waals surface area contributed by atoms with Crippen molar-refractivity contribution >= 4 is 23.0 Å². The molecule has 0 aromatic carbocycles. The maximum atomic E-state index is 12.2. The van der Waals surface area contributed by atoms with Gasteiger partial charge in [-0.25, -0.2) is 4.68 Å². The monoisotopic (exact) mass is 279 g/mol. The van der Waals surface area contributed by atoms with Gasteiger partial charge in [0, 0.05) is 7.05 Å². The molecule has 2 heterocycles. The fraction of sp³-hybridized carbons (Fsp3) is 0.364. The number of aromatic nitrogens is 4. The zero-order valence-corrected chi connectivity index (χ0v) is 11.0. The van der Waals surface area contributed by atoms with Gasteiger partial charge < -0.3 is 15.6 Å². The minimum absolute atomic E-state index is 0.0536. The van der Waals surface area contributed by atoms with E-state index >= 15 is 0 Å². The summed E-state index contributed by atoms with van der Waals surface area (Å²) in [4.78, 5) is 31.0. The third kappa shape index (κ3) is 2.37. The number of hydrogen-bond acceptors (Lipinski definition) is 8. The number of nitrogens with zero attached hydrogens (tertiary/aromatic N) is 4. The number of aryl methyl sites for hydroxylation is 1. The lowest BCUT2D eigenvalue weighted by molar-refractivity contribution is -0.142. The van der Waals surface area contributed by atoms with Crippen molar-refractivity contribution in [1.29, 1.82) is 0 Å². The molecule has 0 saturated heterocycles. The van der Waals surface area contributed by atoms with Crippen LogP contribution in [-0.2, 0) is 23.0 Å². The first-order valence-corrected chi connectivity index (χ1v) is 5.82. The van der Waals surface area contributed by atoms with Gasteiger partial charge in [-0.1, -0.05) is 0 Å². The van der Waals surface area contributed by atoms with E-state index in [1.54, 1.807) is 6.92 Å². The number of nitrogen functional groups attached to an aromatic ring is 1. The van der Waals surface area contributed by atoms with Gasteiger partial charge in [0.25, 0.3) is 0 Å². The number of nitrogens with two attached hydrogens (primary N) is 1. The minimum Gasteiger partial charge on any atom is -0.493 e. The second-order valence-electron chi connectivity index (χ2n) is 3.99.